The zero-order valence-corrected chi connectivity index (χ0v) is 10.1. The predicted molar refractivity (Wildman–Crippen MR) is 61.5 cm³/mol. The first-order valence-corrected chi connectivity index (χ1v) is 5.27. The molecule has 1 aromatic rings. The molecule has 82 valence electrons. The van der Waals surface area contributed by atoms with Crippen molar-refractivity contribution in [3.05, 3.63) is 35.2 Å². The number of urea groups is 1. The molecule has 1 heterocycles. The second-order valence-electron chi connectivity index (χ2n) is 3.04. The molecule has 0 radical (unpaired) electrons. The van der Waals surface area contributed by atoms with Crippen LogP contribution in [0.4, 0.5) is 4.79 Å². The van der Waals surface area contributed by atoms with Gasteiger partial charge in [-0.25, -0.2) is 4.79 Å². The Morgan fingerprint density at radius 3 is 3.00 bits per heavy atom. The van der Waals surface area contributed by atoms with Crippen LogP contribution in [-0.2, 0) is 6.54 Å². The zero-order valence-electron chi connectivity index (χ0n) is 8.50. The molecule has 0 aliphatic rings. The summed E-state index contributed by atoms with van der Waals surface area (Å²) in [6, 6.07) is 3.47. The van der Waals surface area contributed by atoms with Crippen LogP contribution in [-0.4, -0.2) is 24.5 Å². The third-order valence-corrected chi connectivity index (χ3v) is 2.19. The van der Waals surface area contributed by atoms with E-state index < -0.39 is 0 Å². The molecule has 0 saturated carbocycles. The Morgan fingerprint density at radius 2 is 2.47 bits per heavy atom. The molecule has 0 saturated heterocycles. The summed E-state index contributed by atoms with van der Waals surface area (Å²) in [5.41, 5.74) is 0. The quantitative estimate of drug-likeness (QED) is 0.856. The lowest BCUT2D eigenvalue weighted by molar-refractivity contribution is 0.204. The summed E-state index contributed by atoms with van der Waals surface area (Å²) in [5, 5.41) is 2.67. The first-order valence-electron chi connectivity index (χ1n) is 4.47. The second-order valence-corrected chi connectivity index (χ2v) is 3.82. The minimum Gasteiger partial charge on any atom is -0.452 e. The van der Waals surface area contributed by atoms with Crippen molar-refractivity contribution in [2.45, 2.75) is 6.54 Å². The van der Waals surface area contributed by atoms with Crippen molar-refractivity contribution in [2.24, 2.45) is 0 Å². The van der Waals surface area contributed by atoms with E-state index >= 15 is 0 Å². The summed E-state index contributed by atoms with van der Waals surface area (Å²) >= 11 is 3.20. The maximum atomic E-state index is 11.4. The molecule has 1 N–H and O–H groups in total. The van der Waals surface area contributed by atoms with Crippen LogP contribution in [0.15, 0.2) is 33.9 Å². The lowest BCUT2D eigenvalue weighted by Crippen LogP contribution is -2.36. The molecule has 0 bridgehead atoms. The van der Waals surface area contributed by atoms with E-state index in [1.807, 2.05) is 6.07 Å². The number of carbonyl (C=O) groups excluding carboxylic acids is 1. The SMILES string of the molecule is C=CCNC(=O)N(C)Cc1ccc(Br)o1. The fourth-order valence-corrected chi connectivity index (χ4v) is 1.38. The van der Waals surface area contributed by atoms with Gasteiger partial charge in [0.2, 0.25) is 0 Å². The topological polar surface area (TPSA) is 45.5 Å². The summed E-state index contributed by atoms with van der Waals surface area (Å²) < 4.78 is 5.95. The zero-order chi connectivity index (χ0) is 11.3. The smallest absolute Gasteiger partial charge is 0.317 e. The van der Waals surface area contributed by atoms with E-state index in [0.29, 0.717) is 17.8 Å². The van der Waals surface area contributed by atoms with E-state index in [4.69, 9.17) is 4.42 Å². The number of carbonyl (C=O) groups is 1. The van der Waals surface area contributed by atoms with Crippen molar-refractivity contribution in [3.63, 3.8) is 0 Å². The molecule has 5 heteroatoms. The van der Waals surface area contributed by atoms with Crippen molar-refractivity contribution in [1.29, 1.82) is 0 Å². The molecule has 15 heavy (non-hydrogen) atoms. The highest BCUT2D eigenvalue weighted by atomic mass is 79.9. The molecule has 0 atom stereocenters. The van der Waals surface area contributed by atoms with Crippen LogP contribution in [0.25, 0.3) is 0 Å². The van der Waals surface area contributed by atoms with Gasteiger partial charge in [-0.1, -0.05) is 6.08 Å². The van der Waals surface area contributed by atoms with Crippen molar-refractivity contribution < 1.29 is 9.21 Å². The largest absolute Gasteiger partial charge is 0.452 e. The molecule has 0 fully saturated rings. The highest BCUT2D eigenvalue weighted by molar-refractivity contribution is 9.10. The number of nitrogens with one attached hydrogen (secondary N) is 1. The van der Waals surface area contributed by atoms with Gasteiger partial charge >= 0.3 is 6.03 Å². The van der Waals surface area contributed by atoms with Crippen LogP contribution < -0.4 is 5.32 Å². The summed E-state index contributed by atoms with van der Waals surface area (Å²) in [4.78, 5) is 13.0. The monoisotopic (exact) mass is 272 g/mol. The van der Waals surface area contributed by atoms with Gasteiger partial charge in [-0.05, 0) is 28.1 Å². The third kappa shape index (κ3) is 3.79. The fraction of sp³-hybridized carbons (Fsp3) is 0.300. The van der Waals surface area contributed by atoms with Gasteiger partial charge in [-0.15, -0.1) is 6.58 Å². The Hall–Kier alpha value is -1.23. The molecule has 0 aliphatic carbocycles. The molecule has 0 unspecified atom stereocenters. The second kappa shape index (κ2) is 5.60. The number of halogens is 1. The first-order chi connectivity index (χ1) is 7.13. The number of rotatable bonds is 4. The molecular weight excluding hydrogens is 260 g/mol. The highest BCUT2D eigenvalue weighted by Gasteiger charge is 2.09. The van der Waals surface area contributed by atoms with E-state index in [-0.39, 0.29) is 6.03 Å². The van der Waals surface area contributed by atoms with Gasteiger partial charge in [-0.2, -0.15) is 0 Å². The van der Waals surface area contributed by atoms with Gasteiger partial charge in [-0.3, -0.25) is 0 Å². The summed E-state index contributed by atoms with van der Waals surface area (Å²) in [7, 11) is 1.70. The average Bonchev–Trinajstić information content (AvgIpc) is 2.60. The van der Waals surface area contributed by atoms with Gasteiger partial charge < -0.3 is 14.6 Å². The van der Waals surface area contributed by atoms with E-state index in [2.05, 4.69) is 27.8 Å². The van der Waals surface area contributed by atoms with Crippen LogP contribution in [0.5, 0.6) is 0 Å². The van der Waals surface area contributed by atoms with E-state index in [9.17, 15) is 4.79 Å². The van der Waals surface area contributed by atoms with Crippen molar-refractivity contribution in [3.8, 4) is 0 Å². The maximum absolute atomic E-state index is 11.4. The minimum atomic E-state index is -0.151. The van der Waals surface area contributed by atoms with E-state index in [1.165, 1.54) is 4.90 Å². The van der Waals surface area contributed by atoms with Gasteiger partial charge in [0.15, 0.2) is 4.67 Å². The summed E-state index contributed by atoms with van der Waals surface area (Å²) in [6.07, 6.45) is 1.63. The molecule has 1 aromatic heterocycles. The predicted octanol–water partition coefficient (Wildman–Crippen LogP) is 2.37. The number of amides is 2. The van der Waals surface area contributed by atoms with Crippen LogP contribution in [0.3, 0.4) is 0 Å². The Labute approximate surface area is 97.1 Å². The third-order valence-electron chi connectivity index (χ3n) is 1.77. The Balaban J connectivity index is 2.44. The average molecular weight is 273 g/mol. The summed E-state index contributed by atoms with van der Waals surface area (Å²) in [6.45, 7) is 4.42. The lowest BCUT2D eigenvalue weighted by atomic mass is 10.4. The molecule has 4 nitrogen and oxygen atoms in total. The summed E-state index contributed by atoms with van der Waals surface area (Å²) in [5.74, 6) is 0.734. The number of hydrogen-bond acceptors (Lipinski definition) is 2. The number of nitrogens with zero attached hydrogens (tertiary/aromatic N) is 1. The molecule has 0 spiro atoms. The van der Waals surface area contributed by atoms with Crippen LogP contribution in [0.1, 0.15) is 5.76 Å². The highest BCUT2D eigenvalue weighted by Crippen LogP contribution is 2.15. The maximum Gasteiger partial charge on any atom is 0.317 e. The minimum absolute atomic E-state index is 0.151. The van der Waals surface area contributed by atoms with Crippen molar-refractivity contribution in [1.82, 2.24) is 10.2 Å². The lowest BCUT2D eigenvalue weighted by Gasteiger charge is -2.15. The van der Waals surface area contributed by atoms with Crippen LogP contribution in [0, 0.1) is 0 Å². The van der Waals surface area contributed by atoms with Crippen LogP contribution >= 0.6 is 15.9 Å². The Kier molecular flexibility index (Phi) is 4.42. The van der Waals surface area contributed by atoms with Gasteiger partial charge in [0, 0.05) is 13.6 Å². The molecule has 0 aromatic carbocycles. The fourth-order valence-electron chi connectivity index (χ4n) is 1.04. The van der Waals surface area contributed by atoms with Crippen molar-refractivity contribution >= 4 is 22.0 Å². The normalized spacial score (nSPS) is 9.73. The number of hydrogen-bond donors (Lipinski definition) is 1. The van der Waals surface area contributed by atoms with Gasteiger partial charge in [0.25, 0.3) is 0 Å². The standard InChI is InChI=1S/C10H13BrN2O2/c1-3-6-12-10(14)13(2)7-8-4-5-9(11)15-8/h3-5H,1,6-7H2,2H3,(H,12,14). The Bertz CT molecular complexity index is 349. The van der Waals surface area contributed by atoms with E-state index in [0.717, 1.165) is 5.76 Å². The van der Waals surface area contributed by atoms with Crippen LogP contribution in [0.2, 0.25) is 0 Å². The first kappa shape index (κ1) is 11.8. The molecule has 0 aliphatic heterocycles. The molecule has 1 rings (SSSR count). The van der Waals surface area contributed by atoms with Crippen molar-refractivity contribution in [2.75, 3.05) is 13.6 Å². The molecular formula is C10H13BrN2O2. The van der Waals surface area contributed by atoms with Gasteiger partial charge in [0.1, 0.15) is 5.76 Å². The number of furan rings is 1. The van der Waals surface area contributed by atoms with Gasteiger partial charge in [0.05, 0.1) is 6.54 Å². The Morgan fingerprint density at radius 1 is 1.73 bits per heavy atom. The molecule has 2 amide bonds. The van der Waals surface area contributed by atoms with E-state index in [1.54, 1.807) is 19.2 Å².